The van der Waals surface area contributed by atoms with Crippen LogP contribution >= 0.6 is 11.6 Å². The number of carbonyl (C=O) groups excluding carboxylic acids is 2. The van der Waals surface area contributed by atoms with E-state index in [1.54, 1.807) is 18.2 Å². The molecule has 1 amide bonds. The van der Waals surface area contributed by atoms with Gasteiger partial charge in [-0.05, 0) is 54.6 Å². The second-order valence-electron chi connectivity index (χ2n) is 5.39. The van der Waals surface area contributed by atoms with Crippen molar-refractivity contribution in [3.63, 3.8) is 0 Å². The van der Waals surface area contributed by atoms with Crippen LogP contribution < -0.4 is 10.5 Å². The van der Waals surface area contributed by atoms with Crippen LogP contribution in [0, 0.1) is 5.82 Å². The fourth-order valence-corrected chi connectivity index (χ4v) is 2.43. The summed E-state index contributed by atoms with van der Waals surface area (Å²) < 4.78 is 18.4. The number of rotatable bonds is 5. The van der Waals surface area contributed by atoms with Crippen molar-refractivity contribution in [2.75, 3.05) is 0 Å². The molecule has 27 heavy (non-hydrogen) atoms. The number of benzene rings is 2. The first-order chi connectivity index (χ1) is 12.9. The molecule has 0 saturated heterocycles. The van der Waals surface area contributed by atoms with Crippen LogP contribution in [-0.2, 0) is 0 Å². The molecule has 0 radical (unpaired) electrons. The molecule has 0 fully saturated rings. The number of carboxylic acids is 1. The molecule has 0 atom stereocenters. The number of aromatic carboxylic acids is 1. The van der Waals surface area contributed by atoms with Crippen molar-refractivity contribution in [1.82, 2.24) is 5.43 Å². The Bertz CT molecular complexity index is 1030. The minimum atomic E-state index is -1.39. The number of hydrogen-bond donors (Lipinski definition) is 1. The van der Waals surface area contributed by atoms with Crippen molar-refractivity contribution in [3.8, 4) is 11.3 Å². The molecule has 0 aliphatic carbocycles. The van der Waals surface area contributed by atoms with Crippen LogP contribution in [0.3, 0.4) is 0 Å². The van der Waals surface area contributed by atoms with Crippen molar-refractivity contribution in [1.29, 1.82) is 0 Å². The molecule has 0 saturated carbocycles. The molecule has 1 aromatic heterocycles. The Balaban J connectivity index is 1.70. The van der Waals surface area contributed by atoms with Crippen molar-refractivity contribution in [2.24, 2.45) is 5.10 Å². The van der Waals surface area contributed by atoms with Gasteiger partial charge in [0, 0.05) is 21.7 Å². The Morgan fingerprint density at radius 3 is 2.56 bits per heavy atom. The smallest absolute Gasteiger partial charge is 0.271 e. The molecule has 2 aromatic carbocycles. The molecule has 0 aliphatic rings. The van der Waals surface area contributed by atoms with Gasteiger partial charge in [-0.1, -0.05) is 11.6 Å². The van der Waals surface area contributed by atoms with Crippen LogP contribution in [0.4, 0.5) is 4.39 Å². The fourth-order valence-electron chi connectivity index (χ4n) is 2.23. The van der Waals surface area contributed by atoms with Gasteiger partial charge in [-0.2, -0.15) is 5.10 Å². The summed E-state index contributed by atoms with van der Waals surface area (Å²) in [5.41, 5.74) is 2.89. The minimum Gasteiger partial charge on any atom is -0.545 e. The first kappa shape index (κ1) is 18.3. The van der Waals surface area contributed by atoms with E-state index >= 15 is 0 Å². The van der Waals surface area contributed by atoms with E-state index in [4.69, 9.17) is 16.0 Å². The lowest BCUT2D eigenvalue weighted by molar-refractivity contribution is -0.255. The zero-order chi connectivity index (χ0) is 19.4. The normalized spacial score (nSPS) is 10.9. The molecule has 8 heteroatoms. The number of furan rings is 1. The van der Waals surface area contributed by atoms with E-state index in [0.29, 0.717) is 17.1 Å². The van der Waals surface area contributed by atoms with E-state index in [2.05, 4.69) is 10.5 Å². The van der Waals surface area contributed by atoms with Crippen LogP contribution in [0.5, 0.6) is 0 Å². The SMILES string of the molecule is O=C(N/N=C\c1ccc(-c2ccc(Cl)c(C(=O)[O-])c2)o1)c1ccc(F)cc1. The van der Waals surface area contributed by atoms with Crippen LogP contribution in [0.1, 0.15) is 26.5 Å². The highest BCUT2D eigenvalue weighted by molar-refractivity contribution is 6.33. The lowest BCUT2D eigenvalue weighted by atomic mass is 10.1. The van der Waals surface area contributed by atoms with Gasteiger partial charge in [0.05, 0.1) is 12.2 Å². The third kappa shape index (κ3) is 4.39. The maximum Gasteiger partial charge on any atom is 0.271 e. The van der Waals surface area contributed by atoms with E-state index in [1.165, 1.54) is 42.6 Å². The summed E-state index contributed by atoms with van der Waals surface area (Å²) >= 11 is 5.81. The van der Waals surface area contributed by atoms with E-state index in [1.807, 2.05) is 0 Å². The molecule has 1 heterocycles. The molecule has 1 N–H and O–H groups in total. The Morgan fingerprint density at radius 1 is 1.11 bits per heavy atom. The maximum atomic E-state index is 12.8. The zero-order valence-corrected chi connectivity index (χ0v) is 14.4. The number of halogens is 2. The third-order valence-electron chi connectivity index (χ3n) is 3.56. The highest BCUT2D eigenvalue weighted by Gasteiger charge is 2.08. The number of nitrogens with one attached hydrogen (secondary N) is 1. The van der Waals surface area contributed by atoms with Crippen LogP contribution in [-0.4, -0.2) is 18.1 Å². The van der Waals surface area contributed by atoms with E-state index in [0.717, 1.165) is 0 Å². The average molecular weight is 386 g/mol. The zero-order valence-electron chi connectivity index (χ0n) is 13.6. The molecular weight excluding hydrogens is 375 g/mol. The van der Waals surface area contributed by atoms with Crippen molar-refractivity contribution >= 4 is 29.7 Å². The number of hydrazone groups is 1. The number of carbonyl (C=O) groups is 2. The molecule has 0 aliphatic heterocycles. The van der Waals surface area contributed by atoms with Crippen LogP contribution in [0.25, 0.3) is 11.3 Å². The van der Waals surface area contributed by atoms with Gasteiger partial charge in [-0.15, -0.1) is 0 Å². The van der Waals surface area contributed by atoms with Gasteiger partial charge in [0.25, 0.3) is 5.91 Å². The van der Waals surface area contributed by atoms with Gasteiger partial charge < -0.3 is 14.3 Å². The number of nitrogens with zero attached hydrogens (tertiary/aromatic N) is 1. The fraction of sp³-hybridized carbons (Fsp3) is 0. The molecule has 3 rings (SSSR count). The van der Waals surface area contributed by atoms with E-state index < -0.39 is 17.7 Å². The molecular formula is C19H11ClFN2O4-. The predicted octanol–water partition coefficient (Wildman–Crippen LogP) is 2.87. The third-order valence-corrected chi connectivity index (χ3v) is 3.89. The Labute approximate surface area is 157 Å². The van der Waals surface area contributed by atoms with Gasteiger partial charge in [-0.3, -0.25) is 4.79 Å². The summed E-state index contributed by atoms with van der Waals surface area (Å²) in [6.45, 7) is 0. The Hall–Kier alpha value is -3.45. The summed E-state index contributed by atoms with van der Waals surface area (Å²) in [5.74, 6) is -1.62. The highest BCUT2D eigenvalue weighted by Crippen LogP contribution is 2.26. The van der Waals surface area contributed by atoms with Crippen molar-refractivity contribution < 1.29 is 23.5 Å². The lowest BCUT2D eigenvalue weighted by Crippen LogP contribution is -2.22. The molecule has 3 aromatic rings. The monoisotopic (exact) mass is 385 g/mol. The Morgan fingerprint density at radius 2 is 1.85 bits per heavy atom. The van der Waals surface area contributed by atoms with Gasteiger partial charge in [0.2, 0.25) is 0 Å². The summed E-state index contributed by atoms with van der Waals surface area (Å²) in [4.78, 5) is 22.9. The largest absolute Gasteiger partial charge is 0.545 e. The first-order valence-electron chi connectivity index (χ1n) is 7.64. The second-order valence-corrected chi connectivity index (χ2v) is 5.80. The highest BCUT2D eigenvalue weighted by atomic mass is 35.5. The van der Waals surface area contributed by atoms with E-state index in [-0.39, 0.29) is 16.1 Å². The average Bonchev–Trinajstić information content (AvgIpc) is 3.11. The summed E-state index contributed by atoms with van der Waals surface area (Å²) in [7, 11) is 0. The minimum absolute atomic E-state index is 0.0654. The standard InChI is InChI=1S/C19H12ClFN2O4/c20-16-7-3-12(9-15(16)19(25)26)17-8-6-14(27-17)10-22-23-18(24)11-1-4-13(21)5-2-11/h1-10H,(H,23,24)(H,25,26)/p-1/b22-10-. The first-order valence-corrected chi connectivity index (χ1v) is 8.02. The summed E-state index contributed by atoms with van der Waals surface area (Å²) in [5, 5.41) is 14.9. The Kier molecular flexibility index (Phi) is 5.33. The van der Waals surface area contributed by atoms with Gasteiger partial charge in [-0.25, -0.2) is 9.82 Å². The topological polar surface area (TPSA) is 94.7 Å². The molecule has 0 unspecified atom stereocenters. The van der Waals surface area contributed by atoms with Gasteiger partial charge in [0.15, 0.2) is 0 Å². The predicted molar refractivity (Wildman–Crippen MR) is 94.9 cm³/mol. The maximum absolute atomic E-state index is 12.8. The molecule has 0 bridgehead atoms. The van der Waals surface area contributed by atoms with Crippen molar-refractivity contribution in [3.05, 3.63) is 82.3 Å². The number of carboxylic acid groups (broad SMARTS) is 1. The van der Waals surface area contributed by atoms with Crippen molar-refractivity contribution in [2.45, 2.75) is 0 Å². The van der Waals surface area contributed by atoms with Gasteiger partial charge >= 0.3 is 0 Å². The van der Waals surface area contributed by atoms with Crippen LogP contribution in [0.2, 0.25) is 5.02 Å². The van der Waals surface area contributed by atoms with Gasteiger partial charge in [0.1, 0.15) is 17.3 Å². The quantitative estimate of drug-likeness (QED) is 0.539. The number of hydrogen-bond acceptors (Lipinski definition) is 5. The molecule has 6 nitrogen and oxygen atoms in total. The van der Waals surface area contributed by atoms with E-state index in [9.17, 15) is 19.1 Å². The summed E-state index contributed by atoms with van der Waals surface area (Å²) in [6, 6.07) is 12.6. The number of amides is 1. The van der Waals surface area contributed by atoms with Crippen LogP contribution in [0.15, 0.2) is 64.1 Å². The molecule has 136 valence electrons. The lowest BCUT2D eigenvalue weighted by Gasteiger charge is -2.06. The summed E-state index contributed by atoms with van der Waals surface area (Å²) in [6.07, 6.45) is 1.28. The molecule has 0 spiro atoms. The second kappa shape index (κ2) is 7.84.